The number of hydrogen-bond acceptors (Lipinski definition) is 2. The molecule has 1 rings (SSSR count). The van der Waals surface area contributed by atoms with Crippen LogP contribution in [0, 0.1) is 19.8 Å². The van der Waals surface area contributed by atoms with E-state index in [0.29, 0.717) is 0 Å². The normalized spacial score (nSPS) is 13.3. The van der Waals surface area contributed by atoms with Crippen molar-refractivity contribution in [3.05, 3.63) is 16.4 Å². The molecule has 0 aliphatic carbocycles. The van der Waals surface area contributed by atoms with Crippen molar-refractivity contribution in [2.45, 2.75) is 27.3 Å². The topological polar surface area (TPSA) is 38.0 Å². The lowest BCUT2D eigenvalue weighted by Gasteiger charge is -2.09. The number of nitrogens with zero attached hydrogens (tertiary/aromatic N) is 2. The molecule has 0 aromatic carbocycles. The molecule has 0 aliphatic heterocycles. The van der Waals surface area contributed by atoms with Crippen molar-refractivity contribution in [3.63, 3.8) is 0 Å². The highest BCUT2D eigenvalue weighted by molar-refractivity contribution is 6.31. The van der Waals surface area contributed by atoms with E-state index in [-0.39, 0.29) is 12.5 Å². The molecule has 0 radical (unpaired) electrons. The van der Waals surface area contributed by atoms with E-state index in [0.717, 1.165) is 23.0 Å². The first kappa shape index (κ1) is 10.5. The molecular formula is C9H15ClN2O. The van der Waals surface area contributed by atoms with Gasteiger partial charge in [-0.25, -0.2) is 0 Å². The number of aliphatic hydroxyl groups excluding tert-OH is 1. The van der Waals surface area contributed by atoms with Gasteiger partial charge in [0.1, 0.15) is 0 Å². The molecule has 0 saturated carbocycles. The molecule has 1 unspecified atom stereocenters. The molecule has 1 heterocycles. The van der Waals surface area contributed by atoms with Crippen LogP contribution in [0.25, 0.3) is 0 Å². The molecule has 0 spiro atoms. The Kier molecular flexibility index (Phi) is 3.33. The van der Waals surface area contributed by atoms with Crippen LogP contribution in [0.1, 0.15) is 18.3 Å². The van der Waals surface area contributed by atoms with Crippen molar-refractivity contribution in [2.75, 3.05) is 6.61 Å². The number of halogens is 1. The first-order valence-corrected chi connectivity index (χ1v) is 4.74. The minimum absolute atomic E-state index is 0.177. The fourth-order valence-electron chi connectivity index (χ4n) is 1.21. The predicted molar refractivity (Wildman–Crippen MR) is 53.0 cm³/mol. The van der Waals surface area contributed by atoms with E-state index in [1.54, 1.807) is 0 Å². The largest absolute Gasteiger partial charge is 0.396 e. The van der Waals surface area contributed by atoms with Gasteiger partial charge in [-0.3, -0.25) is 4.68 Å². The minimum Gasteiger partial charge on any atom is -0.396 e. The van der Waals surface area contributed by atoms with Gasteiger partial charge in [-0.05, 0) is 19.8 Å². The third-order valence-corrected chi connectivity index (χ3v) is 2.64. The second-order valence-electron chi connectivity index (χ2n) is 3.45. The van der Waals surface area contributed by atoms with Crippen molar-refractivity contribution in [3.8, 4) is 0 Å². The summed E-state index contributed by atoms with van der Waals surface area (Å²) in [5.41, 5.74) is 1.82. The van der Waals surface area contributed by atoms with Gasteiger partial charge >= 0.3 is 0 Å². The number of aromatic nitrogens is 2. The van der Waals surface area contributed by atoms with E-state index in [1.807, 2.05) is 25.5 Å². The molecule has 0 fully saturated rings. The van der Waals surface area contributed by atoms with Gasteiger partial charge in [0.05, 0.1) is 16.4 Å². The number of hydrogen-bond donors (Lipinski definition) is 1. The van der Waals surface area contributed by atoms with Crippen LogP contribution in [0.2, 0.25) is 5.02 Å². The molecular weight excluding hydrogens is 188 g/mol. The van der Waals surface area contributed by atoms with E-state index < -0.39 is 0 Å². The van der Waals surface area contributed by atoms with Crippen molar-refractivity contribution in [1.82, 2.24) is 9.78 Å². The molecule has 0 bridgehead atoms. The summed E-state index contributed by atoms with van der Waals surface area (Å²) < 4.78 is 1.85. The zero-order valence-electron chi connectivity index (χ0n) is 8.21. The lowest BCUT2D eigenvalue weighted by molar-refractivity contribution is 0.218. The van der Waals surface area contributed by atoms with E-state index in [1.165, 1.54) is 0 Å². The fraction of sp³-hybridized carbons (Fsp3) is 0.667. The molecule has 13 heavy (non-hydrogen) atoms. The number of rotatable bonds is 3. The first-order chi connectivity index (χ1) is 6.06. The van der Waals surface area contributed by atoms with Gasteiger partial charge in [-0.1, -0.05) is 18.5 Å². The van der Waals surface area contributed by atoms with Gasteiger partial charge in [0.25, 0.3) is 0 Å². The third-order valence-electron chi connectivity index (χ3n) is 2.09. The molecule has 0 saturated heterocycles. The van der Waals surface area contributed by atoms with Gasteiger partial charge in [0, 0.05) is 13.2 Å². The molecule has 1 aromatic heterocycles. The molecule has 1 aromatic rings. The Morgan fingerprint density at radius 2 is 2.15 bits per heavy atom. The fourth-order valence-corrected chi connectivity index (χ4v) is 1.34. The summed E-state index contributed by atoms with van der Waals surface area (Å²) in [7, 11) is 0. The monoisotopic (exact) mass is 202 g/mol. The highest BCUT2D eigenvalue weighted by Gasteiger charge is 2.10. The quantitative estimate of drug-likeness (QED) is 0.812. The molecule has 1 atom stereocenters. The van der Waals surface area contributed by atoms with Crippen LogP contribution in [0.15, 0.2) is 0 Å². The Labute approximate surface area is 83.3 Å². The second kappa shape index (κ2) is 4.11. The molecule has 4 heteroatoms. The smallest absolute Gasteiger partial charge is 0.0844 e. The van der Waals surface area contributed by atoms with Crippen molar-refractivity contribution in [2.24, 2.45) is 5.92 Å². The maximum absolute atomic E-state index is 8.89. The Hall–Kier alpha value is -0.540. The van der Waals surface area contributed by atoms with Crippen LogP contribution in [-0.4, -0.2) is 21.5 Å². The highest BCUT2D eigenvalue weighted by Crippen LogP contribution is 2.19. The molecule has 0 amide bonds. The van der Waals surface area contributed by atoms with Gasteiger partial charge in [0.2, 0.25) is 0 Å². The summed E-state index contributed by atoms with van der Waals surface area (Å²) in [6.45, 7) is 6.69. The Morgan fingerprint density at radius 3 is 2.54 bits per heavy atom. The third kappa shape index (κ3) is 2.23. The van der Waals surface area contributed by atoms with Crippen LogP contribution in [-0.2, 0) is 6.54 Å². The molecule has 3 nitrogen and oxygen atoms in total. The van der Waals surface area contributed by atoms with E-state index in [4.69, 9.17) is 16.7 Å². The van der Waals surface area contributed by atoms with E-state index >= 15 is 0 Å². The van der Waals surface area contributed by atoms with Gasteiger partial charge in [0.15, 0.2) is 0 Å². The van der Waals surface area contributed by atoms with Crippen molar-refractivity contribution < 1.29 is 5.11 Å². The maximum Gasteiger partial charge on any atom is 0.0844 e. The highest BCUT2D eigenvalue weighted by atomic mass is 35.5. The summed E-state index contributed by atoms with van der Waals surface area (Å²) in [6.07, 6.45) is 0. The summed E-state index contributed by atoms with van der Waals surface area (Å²) in [5, 5.41) is 13.9. The Morgan fingerprint density at radius 1 is 1.54 bits per heavy atom. The van der Waals surface area contributed by atoms with Gasteiger partial charge < -0.3 is 5.11 Å². The summed E-state index contributed by atoms with van der Waals surface area (Å²) in [6, 6.07) is 0. The molecule has 1 N–H and O–H groups in total. The lowest BCUT2D eigenvalue weighted by atomic mass is 10.2. The Bertz CT molecular complexity index is 296. The molecule has 0 aliphatic rings. The minimum atomic E-state index is 0.177. The molecule has 74 valence electrons. The summed E-state index contributed by atoms with van der Waals surface area (Å²) >= 11 is 5.98. The van der Waals surface area contributed by atoms with E-state index in [9.17, 15) is 0 Å². The second-order valence-corrected chi connectivity index (χ2v) is 3.83. The lowest BCUT2D eigenvalue weighted by Crippen LogP contribution is -2.13. The zero-order valence-corrected chi connectivity index (χ0v) is 8.97. The van der Waals surface area contributed by atoms with Gasteiger partial charge in [-0.15, -0.1) is 0 Å². The number of aliphatic hydroxyl groups is 1. The number of aryl methyl sites for hydroxylation is 1. The predicted octanol–water partition coefficient (Wildman–Crippen LogP) is 1.78. The van der Waals surface area contributed by atoms with Crippen LogP contribution >= 0.6 is 11.6 Å². The summed E-state index contributed by atoms with van der Waals surface area (Å²) in [4.78, 5) is 0. The van der Waals surface area contributed by atoms with Crippen LogP contribution in [0.4, 0.5) is 0 Å². The van der Waals surface area contributed by atoms with Crippen molar-refractivity contribution >= 4 is 11.6 Å². The van der Waals surface area contributed by atoms with E-state index in [2.05, 4.69) is 5.10 Å². The Balaban J connectivity index is 2.83. The zero-order chi connectivity index (χ0) is 10.0. The van der Waals surface area contributed by atoms with Crippen LogP contribution in [0.3, 0.4) is 0 Å². The first-order valence-electron chi connectivity index (χ1n) is 4.36. The average Bonchev–Trinajstić information content (AvgIpc) is 2.34. The summed E-state index contributed by atoms with van der Waals surface area (Å²) in [5.74, 6) is 0.217. The van der Waals surface area contributed by atoms with Crippen LogP contribution in [0.5, 0.6) is 0 Å². The standard InChI is InChI=1S/C9H15ClN2O/c1-6(5-13)4-12-8(3)9(10)7(2)11-12/h6,13H,4-5H2,1-3H3. The SMILES string of the molecule is Cc1nn(CC(C)CO)c(C)c1Cl. The van der Waals surface area contributed by atoms with Crippen molar-refractivity contribution in [1.29, 1.82) is 0 Å². The van der Waals surface area contributed by atoms with Crippen LogP contribution < -0.4 is 0 Å². The maximum atomic E-state index is 8.89. The average molecular weight is 203 g/mol. The van der Waals surface area contributed by atoms with Gasteiger partial charge in [-0.2, -0.15) is 5.10 Å².